The van der Waals surface area contributed by atoms with Crippen molar-refractivity contribution in [2.24, 2.45) is 5.92 Å². The Kier molecular flexibility index (Phi) is 3.86. The Bertz CT molecular complexity index is 998. The van der Waals surface area contributed by atoms with Crippen molar-refractivity contribution in [3.63, 3.8) is 0 Å². The SMILES string of the molecule is Cc1ccc2nc(N3CC(C(=O)Nc4cccc(C#N)c4)C3)sc2c1. The number of carbonyl (C=O) groups excluding carboxylic acids is 1. The minimum Gasteiger partial charge on any atom is -0.346 e. The van der Waals surface area contributed by atoms with E-state index in [9.17, 15) is 4.79 Å². The van der Waals surface area contributed by atoms with Gasteiger partial charge in [-0.25, -0.2) is 4.98 Å². The molecule has 2 aromatic carbocycles. The Morgan fingerprint density at radius 2 is 2.16 bits per heavy atom. The van der Waals surface area contributed by atoms with Crippen molar-refractivity contribution in [1.82, 2.24) is 4.98 Å². The molecule has 0 saturated carbocycles. The fourth-order valence-electron chi connectivity index (χ4n) is 2.87. The number of aryl methyl sites for hydroxylation is 1. The largest absolute Gasteiger partial charge is 0.346 e. The van der Waals surface area contributed by atoms with Crippen LogP contribution in [0.3, 0.4) is 0 Å². The topological polar surface area (TPSA) is 69.0 Å². The van der Waals surface area contributed by atoms with Crippen molar-refractivity contribution in [1.29, 1.82) is 5.26 Å². The van der Waals surface area contributed by atoms with Gasteiger partial charge in [0.15, 0.2) is 5.13 Å². The van der Waals surface area contributed by atoms with E-state index in [1.165, 1.54) is 10.3 Å². The van der Waals surface area contributed by atoms with E-state index in [1.54, 1.807) is 35.6 Å². The van der Waals surface area contributed by atoms with Crippen LogP contribution < -0.4 is 10.2 Å². The fraction of sp³-hybridized carbons (Fsp3) is 0.211. The predicted octanol–water partition coefficient (Wildman–Crippen LogP) is 3.55. The number of anilines is 2. The van der Waals surface area contributed by atoms with Crippen LogP contribution in [-0.4, -0.2) is 24.0 Å². The van der Waals surface area contributed by atoms with Crippen LogP contribution in [0, 0.1) is 24.2 Å². The van der Waals surface area contributed by atoms with Crippen LogP contribution in [0.15, 0.2) is 42.5 Å². The molecule has 3 aromatic rings. The van der Waals surface area contributed by atoms with Gasteiger partial charge in [-0.1, -0.05) is 23.5 Å². The average Bonchev–Trinajstić information content (AvgIpc) is 2.96. The number of nitrogens with one attached hydrogen (secondary N) is 1. The van der Waals surface area contributed by atoms with Crippen LogP contribution in [0.4, 0.5) is 10.8 Å². The lowest BCUT2D eigenvalue weighted by Gasteiger charge is -2.37. The van der Waals surface area contributed by atoms with Crippen LogP contribution in [0.1, 0.15) is 11.1 Å². The number of nitriles is 1. The van der Waals surface area contributed by atoms with E-state index in [0.29, 0.717) is 24.3 Å². The van der Waals surface area contributed by atoms with E-state index in [2.05, 4.69) is 40.3 Å². The molecule has 1 fully saturated rings. The summed E-state index contributed by atoms with van der Waals surface area (Å²) in [6.45, 7) is 3.41. The summed E-state index contributed by atoms with van der Waals surface area (Å²) in [4.78, 5) is 19.1. The molecule has 0 spiro atoms. The van der Waals surface area contributed by atoms with Crippen molar-refractivity contribution >= 4 is 38.3 Å². The average molecular weight is 348 g/mol. The first kappa shape index (κ1) is 15.6. The smallest absolute Gasteiger partial charge is 0.231 e. The fourth-order valence-corrected chi connectivity index (χ4v) is 3.95. The summed E-state index contributed by atoms with van der Waals surface area (Å²) in [5.41, 5.74) is 3.44. The van der Waals surface area contributed by atoms with Crippen molar-refractivity contribution in [3.8, 4) is 6.07 Å². The van der Waals surface area contributed by atoms with Crippen LogP contribution in [0.5, 0.6) is 0 Å². The molecular formula is C19H16N4OS. The third-order valence-electron chi connectivity index (χ3n) is 4.31. The summed E-state index contributed by atoms with van der Waals surface area (Å²) in [5.74, 6) is -0.0669. The van der Waals surface area contributed by atoms with Gasteiger partial charge >= 0.3 is 0 Å². The summed E-state index contributed by atoms with van der Waals surface area (Å²) in [5, 5.41) is 12.8. The van der Waals surface area contributed by atoms with Crippen molar-refractivity contribution in [2.45, 2.75) is 6.92 Å². The van der Waals surface area contributed by atoms with E-state index in [4.69, 9.17) is 5.26 Å². The molecule has 5 nitrogen and oxygen atoms in total. The molecule has 0 aliphatic carbocycles. The molecule has 1 amide bonds. The Labute approximate surface area is 149 Å². The molecule has 124 valence electrons. The minimum absolute atomic E-state index is 0.0108. The Morgan fingerprint density at radius 1 is 1.32 bits per heavy atom. The van der Waals surface area contributed by atoms with Gasteiger partial charge in [-0.3, -0.25) is 4.79 Å². The molecule has 1 aromatic heterocycles. The zero-order chi connectivity index (χ0) is 17.4. The molecule has 25 heavy (non-hydrogen) atoms. The first-order chi connectivity index (χ1) is 12.1. The highest BCUT2D eigenvalue weighted by Gasteiger charge is 2.34. The number of hydrogen-bond donors (Lipinski definition) is 1. The Hall–Kier alpha value is -2.91. The van der Waals surface area contributed by atoms with E-state index in [1.807, 2.05) is 6.07 Å². The minimum atomic E-state index is -0.0560. The van der Waals surface area contributed by atoms with E-state index in [-0.39, 0.29) is 11.8 Å². The van der Waals surface area contributed by atoms with Gasteiger partial charge in [-0.15, -0.1) is 0 Å². The third kappa shape index (κ3) is 3.06. The number of carbonyl (C=O) groups is 1. The second kappa shape index (κ2) is 6.19. The van der Waals surface area contributed by atoms with Crippen LogP contribution in [0.25, 0.3) is 10.2 Å². The van der Waals surface area contributed by atoms with Crippen LogP contribution >= 0.6 is 11.3 Å². The van der Waals surface area contributed by atoms with Gasteiger partial charge in [0.25, 0.3) is 0 Å². The zero-order valence-electron chi connectivity index (χ0n) is 13.7. The Morgan fingerprint density at radius 3 is 2.96 bits per heavy atom. The lowest BCUT2D eigenvalue weighted by molar-refractivity contribution is -0.120. The summed E-state index contributed by atoms with van der Waals surface area (Å²) in [6.07, 6.45) is 0. The monoisotopic (exact) mass is 348 g/mol. The number of nitrogens with zero attached hydrogens (tertiary/aromatic N) is 3. The molecule has 0 atom stereocenters. The van der Waals surface area contributed by atoms with Gasteiger partial charge in [0, 0.05) is 18.8 Å². The summed E-state index contributed by atoms with van der Waals surface area (Å²) in [6, 6.07) is 15.3. The van der Waals surface area contributed by atoms with Crippen molar-refractivity contribution in [3.05, 3.63) is 53.6 Å². The Balaban J connectivity index is 1.40. The molecule has 0 unspecified atom stereocenters. The van der Waals surface area contributed by atoms with Gasteiger partial charge in [-0.2, -0.15) is 5.26 Å². The number of aromatic nitrogens is 1. The number of benzene rings is 2. The molecule has 1 saturated heterocycles. The van der Waals surface area contributed by atoms with Gasteiger partial charge < -0.3 is 10.2 Å². The maximum Gasteiger partial charge on any atom is 0.231 e. The lowest BCUT2D eigenvalue weighted by Crippen LogP contribution is -2.52. The molecule has 0 bridgehead atoms. The summed E-state index contributed by atoms with van der Waals surface area (Å²) >= 11 is 1.67. The third-order valence-corrected chi connectivity index (χ3v) is 5.39. The molecule has 0 radical (unpaired) electrons. The van der Waals surface area contributed by atoms with Crippen molar-refractivity contribution in [2.75, 3.05) is 23.3 Å². The van der Waals surface area contributed by atoms with Gasteiger partial charge in [0.2, 0.25) is 5.91 Å². The van der Waals surface area contributed by atoms with Crippen molar-refractivity contribution < 1.29 is 4.79 Å². The normalized spacial score (nSPS) is 14.2. The van der Waals surface area contributed by atoms with Crippen LogP contribution in [-0.2, 0) is 4.79 Å². The van der Waals surface area contributed by atoms with Gasteiger partial charge in [0.1, 0.15) is 0 Å². The maximum atomic E-state index is 12.4. The second-order valence-electron chi connectivity index (χ2n) is 6.25. The zero-order valence-corrected chi connectivity index (χ0v) is 14.5. The first-order valence-corrected chi connectivity index (χ1v) is 8.87. The summed E-state index contributed by atoms with van der Waals surface area (Å²) < 4.78 is 1.18. The molecule has 2 heterocycles. The van der Waals surface area contributed by atoms with E-state index >= 15 is 0 Å². The standard InChI is InChI=1S/C19H16N4OS/c1-12-5-6-16-17(7-12)25-19(22-16)23-10-14(11-23)18(24)21-15-4-2-3-13(8-15)9-20/h2-8,14H,10-11H2,1H3,(H,21,24). The molecule has 1 aliphatic heterocycles. The number of fused-ring (bicyclic) bond motifs is 1. The van der Waals surface area contributed by atoms with Crippen LogP contribution in [0.2, 0.25) is 0 Å². The lowest BCUT2D eigenvalue weighted by atomic mass is 10.00. The first-order valence-electron chi connectivity index (χ1n) is 8.05. The van der Waals surface area contributed by atoms with Gasteiger partial charge in [-0.05, 0) is 42.8 Å². The molecular weight excluding hydrogens is 332 g/mol. The highest BCUT2D eigenvalue weighted by molar-refractivity contribution is 7.22. The highest BCUT2D eigenvalue weighted by atomic mass is 32.1. The number of rotatable bonds is 3. The summed E-state index contributed by atoms with van der Waals surface area (Å²) in [7, 11) is 0. The molecule has 1 aliphatic rings. The van der Waals surface area contributed by atoms with E-state index < -0.39 is 0 Å². The molecule has 1 N–H and O–H groups in total. The van der Waals surface area contributed by atoms with Gasteiger partial charge in [0.05, 0.1) is 27.8 Å². The number of thiazole rings is 1. The highest BCUT2D eigenvalue weighted by Crippen LogP contribution is 2.33. The number of amides is 1. The quantitative estimate of drug-likeness (QED) is 0.786. The van der Waals surface area contributed by atoms with E-state index in [0.717, 1.165) is 10.6 Å². The predicted molar refractivity (Wildman–Crippen MR) is 99.8 cm³/mol. The molecule has 4 rings (SSSR count). The second-order valence-corrected chi connectivity index (χ2v) is 7.26. The maximum absolute atomic E-state index is 12.4. The molecule has 6 heteroatoms. The number of hydrogen-bond acceptors (Lipinski definition) is 5.